The highest BCUT2D eigenvalue weighted by Crippen LogP contribution is 2.33. The molecule has 2 aromatic carbocycles. The zero-order chi connectivity index (χ0) is 19.1. The highest BCUT2D eigenvalue weighted by atomic mass is 32.1. The average molecular weight is 379 g/mol. The van der Waals surface area contributed by atoms with Crippen LogP contribution in [0.4, 0.5) is 5.69 Å². The maximum atomic E-state index is 12.5. The number of hydrogen-bond acceptors (Lipinski definition) is 5. The smallest absolute Gasteiger partial charge is 0.291 e. The summed E-state index contributed by atoms with van der Waals surface area (Å²) in [7, 11) is 1.95. The van der Waals surface area contributed by atoms with E-state index in [0.29, 0.717) is 17.9 Å². The minimum absolute atomic E-state index is 0.0317. The minimum atomic E-state index is -0.457. The maximum absolute atomic E-state index is 12.5. The molecule has 0 spiro atoms. The molecular formula is C21H21N3O2S. The van der Waals surface area contributed by atoms with Crippen molar-refractivity contribution in [2.24, 2.45) is 0 Å². The summed E-state index contributed by atoms with van der Waals surface area (Å²) >= 11 is 1.66. The summed E-state index contributed by atoms with van der Waals surface area (Å²) in [5, 5.41) is 0.998. The first-order chi connectivity index (χ1) is 13.0. The van der Waals surface area contributed by atoms with Gasteiger partial charge < -0.3 is 0 Å². The van der Waals surface area contributed by atoms with Crippen LogP contribution in [0.2, 0.25) is 0 Å². The molecule has 0 N–H and O–H groups in total. The molecule has 0 bridgehead atoms. The van der Waals surface area contributed by atoms with Crippen molar-refractivity contribution in [3.8, 4) is 0 Å². The first-order valence-corrected chi connectivity index (χ1v) is 9.86. The molecule has 0 saturated heterocycles. The van der Waals surface area contributed by atoms with Gasteiger partial charge >= 0.3 is 5.91 Å². The quantitative estimate of drug-likeness (QED) is 0.628. The number of aryl methyl sites for hydroxylation is 1. The van der Waals surface area contributed by atoms with Crippen LogP contribution in [-0.2, 0) is 11.2 Å². The molecule has 0 unspecified atom stereocenters. The van der Waals surface area contributed by atoms with Gasteiger partial charge in [-0.25, -0.2) is 4.98 Å². The van der Waals surface area contributed by atoms with Gasteiger partial charge in [-0.3, -0.25) is 19.4 Å². The molecule has 0 aliphatic carbocycles. The van der Waals surface area contributed by atoms with Gasteiger partial charge in [0.25, 0.3) is 5.78 Å². The van der Waals surface area contributed by atoms with E-state index in [0.717, 1.165) is 27.2 Å². The molecular weight excluding hydrogens is 358 g/mol. The van der Waals surface area contributed by atoms with Crippen LogP contribution in [0.25, 0.3) is 10.2 Å². The highest BCUT2D eigenvalue weighted by Gasteiger charge is 2.37. The standard InChI is InChI=1S/C21H21N3O2S/c1-4-14-9-10-17-15(11-14)19(25)21(26)24(17)12-23(3)13(2)20-22-16-7-5-6-8-18(16)27-20/h5-11,13H,4,12H2,1-3H3/t13-/m1/s1. The maximum Gasteiger partial charge on any atom is 0.300 e. The van der Waals surface area contributed by atoms with E-state index in [1.807, 2.05) is 55.3 Å². The molecule has 6 heteroatoms. The molecule has 1 aromatic heterocycles. The Morgan fingerprint density at radius 2 is 1.96 bits per heavy atom. The highest BCUT2D eigenvalue weighted by molar-refractivity contribution is 7.18. The summed E-state index contributed by atoms with van der Waals surface area (Å²) < 4.78 is 1.15. The number of para-hydroxylation sites is 1. The Labute approximate surface area is 162 Å². The lowest BCUT2D eigenvalue weighted by Crippen LogP contribution is -2.40. The van der Waals surface area contributed by atoms with Crippen LogP contribution >= 0.6 is 11.3 Å². The molecule has 3 aromatic rings. The normalized spacial score (nSPS) is 15.0. The zero-order valence-electron chi connectivity index (χ0n) is 15.6. The Morgan fingerprint density at radius 3 is 2.70 bits per heavy atom. The van der Waals surface area contributed by atoms with Gasteiger partial charge in [0.1, 0.15) is 5.01 Å². The minimum Gasteiger partial charge on any atom is -0.291 e. The van der Waals surface area contributed by atoms with Gasteiger partial charge in [0.2, 0.25) is 0 Å². The van der Waals surface area contributed by atoms with Crippen molar-refractivity contribution in [1.82, 2.24) is 9.88 Å². The van der Waals surface area contributed by atoms with E-state index in [1.165, 1.54) is 0 Å². The van der Waals surface area contributed by atoms with Gasteiger partial charge in [0, 0.05) is 0 Å². The molecule has 0 saturated carbocycles. The largest absolute Gasteiger partial charge is 0.300 e. The van der Waals surface area contributed by atoms with Crippen molar-refractivity contribution in [3.63, 3.8) is 0 Å². The predicted octanol–water partition coefficient (Wildman–Crippen LogP) is 4.04. The Morgan fingerprint density at radius 1 is 1.19 bits per heavy atom. The number of amides is 1. The zero-order valence-corrected chi connectivity index (χ0v) is 16.4. The lowest BCUT2D eigenvalue weighted by atomic mass is 10.1. The lowest BCUT2D eigenvalue weighted by molar-refractivity contribution is -0.114. The molecule has 138 valence electrons. The number of benzene rings is 2. The summed E-state index contributed by atoms with van der Waals surface area (Å²) in [6.45, 7) is 4.45. The Bertz CT molecular complexity index is 1010. The van der Waals surface area contributed by atoms with Crippen LogP contribution in [-0.4, -0.2) is 35.3 Å². The number of nitrogens with zero attached hydrogens (tertiary/aromatic N) is 3. The summed E-state index contributed by atoms with van der Waals surface area (Å²) in [4.78, 5) is 33.3. The Hall–Kier alpha value is -2.57. The first kappa shape index (κ1) is 17.8. The SMILES string of the molecule is CCc1ccc2c(c1)C(=O)C(=O)N2CN(C)[C@H](C)c1nc2ccccc2s1. The van der Waals surface area contributed by atoms with Crippen LogP contribution < -0.4 is 4.90 Å². The third kappa shape index (κ3) is 3.05. The second-order valence-corrected chi connectivity index (χ2v) is 7.92. The fraction of sp³-hybridized carbons (Fsp3) is 0.286. The van der Waals surface area contributed by atoms with Crippen molar-refractivity contribution in [2.75, 3.05) is 18.6 Å². The number of thiazole rings is 1. The van der Waals surface area contributed by atoms with Crippen LogP contribution in [0, 0.1) is 0 Å². The number of ketones is 1. The van der Waals surface area contributed by atoms with Crippen molar-refractivity contribution in [2.45, 2.75) is 26.3 Å². The van der Waals surface area contributed by atoms with E-state index in [2.05, 4.69) is 13.0 Å². The number of aromatic nitrogens is 1. The van der Waals surface area contributed by atoms with E-state index in [1.54, 1.807) is 16.2 Å². The first-order valence-electron chi connectivity index (χ1n) is 9.04. The number of fused-ring (bicyclic) bond motifs is 2. The van der Waals surface area contributed by atoms with Crippen molar-refractivity contribution < 1.29 is 9.59 Å². The van der Waals surface area contributed by atoms with Crippen molar-refractivity contribution in [1.29, 1.82) is 0 Å². The molecule has 4 rings (SSSR count). The summed E-state index contributed by atoms with van der Waals surface area (Å²) in [5.41, 5.74) is 3.27. The summed E-state index contributed by atoms with van der Waals surface area (Å²) in [5.74, 6) is -0.872. The van der Waals surface area contributed by atoms with Gasteiger partial charge in [-0.05, 0) is 50.2 Å². The van der Waals surface area contributed by atoms with E-state index >= 15 is 0 Å². The van der Waals surface area contributed by atoms with Crippen LogP contribution in [0.1, 0.15) is 40.8 Å². The van der Waals surface area contributed by atoms with Gasteiger partial charge in [0.15, 0.2) is 0 Å². The molecule has 5 nitrogen and oxygen atoms in total. The number of rotatable bonds is 5. The molecule has 0 radical (unpaired) electrons. The van der Waals surface area contributed by atoms with E-state index in [-0.39, 0.29) is 6.04 Å². The molecule has 1 aliphatic heterocycles. The second kappa shape index (κ2) is 6.87. The third-order valence-electron chi connectivity index (χ3n) is 5.14. The van der Waals surface area contributed by atoms with Gasteiger partial charge in [-0.2, -0.15) is 0 Å². The topological polar surface area (TPSA) is 53.5 Å². The number of carbonyl (C=O) groups excluding carboxylic acids is 2. The van der Waals surface area contributed by atoms with E-state index in [4.69, 9.17) is 4.98 Å². The molecule has 1 aliphatic rings. The number of Topliss-reactive ketones (excluding diaryl/α,β-unsaturated/α-hetero) is 1. The molecule has 1 amide bonds. The van der Waals surface area contributed by atoms with Crippen LogP contribution in [0.5, 0.6) is 0 Å². The van der Waals surface area contributed by atoms with Crippen molar-refractivity contribution >= 4 is 38.9 Å². The number of carbonyl (C=O) groups is 2. The average Bonchev–Trinajstić information content (AvgIpc) is 3.22. The predicted molar refractivity (Wildman–Crippen MR) is 108 cm³/mol. The number of hydrogen-bond donors (Lipinski definition) is 0. The third-order valence-corrected chi connectivity index (χ3v) is 6.34. The van der Waals surface area contributed by atoms with Gasteiger partial charge in [0.05, 0.1) is 34.2 Å². The van der Waals surface area contributed by atoms with Gasteiger partial charge in [-0.1, -0.05) is 25.1 Å². The summed E-state index contributed by atoms with van der Waals surface area (Å²) in [6.07, 6.45) is 0.837. The lowest BCUT2D eigenvalue weighted by Gasteiger charge is -2.28. The number of anilines is 1. The molecule has 2 heterocycles. The van der Waals surface area contributed by atoms with E-state index < -0.39 is 11.7 Å². The molecule has 1 atom stereocenters. The fourth-order valence-electron chi connectivity index (χ4n) is 3.31. The Kier molecular flexibility index (Phi) is 4.53. The van der Waals surface area contributed by atoms with Crippen LogP contribution in [0.3, 0.4) is 0 Å². The molecule has 0 fully saturated rings. The van der Waals surface area contributed by atoms with Crippen LogP contribution in [0.15, 0.2) is 42.5 Å². The van der Waals surface area contributed by atoms with E-state index in [9.17, 15) is 9.59 Å². The summed E-state index contributed by atoms with van der Waals surface area (Å²) in [6, 6.07) is 13.8. The van der Waals surface area contributed by atoms with Gasteiger partial charge in [-0.15, -0.1) is 11.3 Å². The Balaban J connectivity index is 1.58. The second-order valence-electron chi connectivity index (χ2n) is 6.86. The fourth-order valence-corrected chi connectivity index (χ4v) is 4.40. The molecule has 27 heavy (non-hydrogen) atoms. The van der Waals surface area contributed by atoms with Crippen molar-refractivity contribution in [3.05, 3.63) is 58.6 Å². The monoisotopic (exact) mass is 379 g/mol.